The van der Waals surface area contributed by atoms with Gasteiger partial charge in [0.25, 0.3) is 5.91 Å². The number of nitrogens with two attached hydrogens (primary N) is 1. The van der Waals surface area contributed by atoms with Gasteiger partial charge in [-0.2, -0.15) is 0 Å². The van der Waals surface area contributed by atoms with Crippen LogP contribution in [0.1, 0.15) is 36.2 Å². The molecular weight excluding hydrogens is 230 g/mol. The topological polar surface area (TPSA) is 78.9 Å². The highest BCUT2D eigenvalue weighted by atomic mass is 16.4. The summed E-state index contributed by atoms with van der Waals surface area (Å²) in [5, 5.41) is 11.5. The molecule has 0 fully saturated rings. The van der Waals surface area contributed by atoms with E-state index in [1.807, 2.05) is 13.8 Å². The first-order valence-electron chi connectivity index (χ1n) is 5.86. The molecule has 1 aromatic carbocycles. The average molecular weight is 249 g/mol. The number of nitrogens with zero attached hydrogens (tertiary/aromatic N) is 2. The van der Waals surface area contributed by atoms with E-state index in [1.54, 1.807) is 36.2 Å². The highest BCUT2D eigenvalue weighted by Crippen LogP contribution is 2.11. The van der Waals surface area contributed by atoms with E-state index in [-0.39, 0.29) is 17.8 Å². The van der Waals surface area contributed by atoms with Crippen molar-refractivity contribution >= 4 is 11.7 Å². The molecule has 98 valence electrons. The van der Waals surface area contributed by atoms with Crippen molar-refractivity contribution < 1.29 is 10.0 Å². The molecule has 0 aliphatic carbocycles. The van der Waals surface area contributed by atoms with Crippen molar-refractivity contribution in [1.82, 2.24) is 4.90 Å². The third-order valence-electron chi connectivity index (χ3n) is 3.09. The first-order valence-corrected chi connectivity index (χ1v) is 5.86. The Balaban J connectivity index is 3.00. The lowest BCUT2D eigenvalue weighted by atomic mass is 10.1. The van der Waals surface area contributed by atoms with Crippen LogP contribution in [0.25, 0.3) is 0 Å². The zero-order valence-electron chi connectivity index (χ0n) is 10.9. The van der Waals surface area contributed by atoms with Crippen LogP contribution in [0.5, 0.6) is 0 Å². The summed E-state index contributed by atoms with van der Waals surface area (Å²) >= 11 is 0. The molecule has 1 amide bonds. The molecule has 1 aromatic rings. The average Bonchev–Trinajstić information content (AvgIpc) is 2.43. The highest BCUT2D eigenvalue weighted by Gasteiger charge is 2.16. The van der Waals surface area contributed by atoms with Crippen LogP contribution in [-0.4, -0.2) is 34.9 Å². The van der Waals surface area contributed by atoms with Gasteiger partial charge in [0.15, 0.2) is 5.84 Å². The summed E-state index contributed by atoms with van der Waals surface area (Å²) in [6, 6.07) is 6.91. The predicted octanol–water partition coefficient (Wildman–Crippen LogP) is 1.65. The van der Waals surface area contributed by atoms with Crippen LogP contribution in [-0.2, 0) is 0 Å². The summed E-state index contributed by atoms with van der Waals surface area (Å²) in [5.74, 6) is -0.0761. The van der Waals surface area contributed by atoms with Crippen molar-refractivity contribution in [1.29, 1.82) is 0 Å². The van der Waals surface area contributed by atoms with Crippen LogP contribution in [0.2, 0.25) is 0 Å². The molecule has 0 heterocycles. The summed E-state index contributed by atoms with van der Waals surface area (Å²) < 4.78 is 0. The van der Waals surface area contributed by atoms with E-state index in [0.29, 0.717) is 11.1 Å². The summed E-state index contributed by atoms with van der Waals surface area (Å²) in [6.45, 7) is 4.02. The van der Waals surface area contributed by atoms with Crippen molar-refractivity contribution in [2.45, 2.75) is 26.3 Å². The van der Waals surface area contributed by atoms with E-state index in [0.717, 1.165) is 6.42 Å². The van der Waals surface area contributed by atoms with Gasteiger partial charge in [-0.05, 0) is 25.5 Å². The van der Waals surface area contributed by atoms with Crippen molar-refractivity contribution in [2.24, 2.45) is 10.9 Å². The Morgan fingerprint density at radius 1 is 1.50 bits per heavy atom. The molecule has 0 saturated heterocycles. The molecule has 0 bridgehead atoms. The second-order valence-corrected chi connectivity index (χ2v) is 4.24. The lowest BCUT2D eigenvalue weighted by molar-refractivity contribution is 0.0740. The number of benzene rings is 1. The summed E-state index contributed by atoms with van der Waals surface area (Å²) in [6.07, 6.45) is 0.891. The zero-order valence-corrected chi connectivity index (χ0v) is 10.9. The van der Waals surface area contributed by atoms with E-state index in [9.17, 15) is 4.79 Å². The van der Waals surface area contributed by atoms with Crippen LogP contribution in [0.4, 0.5) is 0 Å². The van der Waals surface area contributed by atoms with Gasteiger partial charge < -0.3 is 15.8 Å². The minimum absolute atomic E-state index is 0.00385. The zero-order chi connectivity index (χ0) is 13.7. The minimum Gasteiger partial charge on any atom is -0.409 e. The van der Waals surface area contributed by atoms with Gasteiger partial charge in [-0.3, -0.25) is 4.79 Å². The van der Waals surface area contributed by atoms with Gasteiger partial charge in [0.1, 0.15) is 0 Å². The fourth-order valence-corrected chi connectivity index (χ4v) is 1.55. The molecule has 0 spiro atoms. The van der Waals surface area contributed by atoms with Crippen molar-refractivity contribution in [3.63, 3.8) is 0 Å². The lowest BCUT2D eigenvalue weighted by Crippen LogP contribution is -2.34. The van der Waals surface area contributed by atoms with E-state index >= 15 is 0 Å². The van der Waals surface area contributed by atoms with Crippen molar-refractivity contribution in [2.75, 3.05) is 7.05 Å². The second-order valence-electron chi connectivity index (χ2n) is 4.24. The number of amidine groups is 1. The third-order valence-corrected chi connectivity index (χ3v) is 3.09. The van der Waals surface area contributed by atoms with Crippen LogP contribution in [0.15, 0.2) is 29.4 Å². The second kappa shape index (κ2) is 6.05. The minimum atomic E-state index is -0.0723. The fourth-order valence-electron chi connectivity index (χ4n) is 1.55. The van der Waals surface area contributed by atoms with Gasteiger partial charge in [-0.25, -0.2) is 0 Å². The van der Waals surface area contributed by atoms with Gasteiger partial charge >= 0.3 is 0 Å². The molecule has 5 heteroatoms. The van der Waals surface area contributed by atoms with E-state index in [2.05, 4.69) is 5.16 Å². The number of hydrogen-bond acceptors (Lipinski definition) is 3. The van der Waals surface area contributed by atoms with Crippen LogP contribution in [0, 0.1) is 0 Å². The van der Waals surface area contributed by atoms with Gasteiger partial charge in [0.2, 0.25) is 0 Å². The monoisotopic (exact) mass is 249 g/mol. The Morgan fingerprint density at radius 2 is 2.11 bits per heavy atom. The van der Waals surface area contributed by atoms with Crippen LogP contribution < -0.4 is 5.73 Å². The lowest BCUT2D eigenvalue weighted by Gasteiger charge is -2.24. The van der Waals surface area contributed by atoms with Gasteiger partial charge in [0.05, 0.1) is 0 Å². The molecule has 18 heavy (non-hydrogen) atoms. The number of hydrogen-bond donors (Lipinski definition) is 2. The van der Waals surface area contributed by atoms with Crippen LogP contribution in [0.3, 0.4) is 0 Å². The molecule has 0 aliphatic rings. The molecule has 0 aromatic heterocycles. The van der Waals surface area contributed by atoms with Crippen molar-refractivity contribution in [3.05, 3.63) is 35.4 Å². The Kier molecular flexibility index (Phi) is 4.71. The number of oxime groups is 1. The maximum absolute atomic E-state index is 12.2. The maximum Gasteiger partial charge on any atom is 0.253 e. The normalized spacial score (nSPS) is 13.2. The first kappa shape index (κ1) is 14.0. The summed E-state index contributed by atoms with van der Waals surface area (Å²) in [5.41, 5.74) is 6.56. The molecule has 3 N–H and O–H groups in total. The standard InChI is InChI=1S/C13H19N3O2/c1-4-9(2)16(3)13(17)11-7-5-6-10(8-11)12(14)15-18/h5-9,18H,4H2,1-3H3,(H2,14,15). The van der Waals surface area contributed by atoms with E-state index < -0.39 is 0 Å². The number of amides is 1. The Bertz CT molecular complexity index is 457. The molecule has 5 nitrogen and oxygen atoms in total. The Morgan fingerprint density at radius 3 is 2.67 bits per heavy atom. The maximum atomic E-state index is 12.2. The summed E-state index contributed by atoms with van der Waals surface area (Å²) in [4.78, 5) is 13.9. The van der Waals surface area contributed by atoms with Gasteiger partial charge in [0, 0.05) is 24.2 Å². The molecule has 1 unspecified atom stereocenters. The Labute approximate surface area is 107 Å². The third kappa shape index (κ3) is 3.00. The highest BCUT2D eigenvalue weighted by molar-refractivity contribution is 6.01. The van der Waals surface area contributed by atoms with Gasteiger partial charge in [-0.1, -0.05) is 24.2 Å². The fraction of sp³-hybridized carbons (Fsp3) is 0.385. The predicted molar refractivity (Wildman–Crippen MR) is 70.8 cm³/mol. The molecule has 0 radical (unpaired) electrons. The molecular formula is C13H19N3O2. The quantitative estimate of drug-likeness (QED) is 0.368. The van der Waals surface area contributed by atoms with Crippen molar-refractivity contribution in [3.8, 4) is 0 Å². The largest absolute Gasteiger partial charge is 0.409 e. The van der Waals surface area contributed by atoms with E-state index in [4.69, 9.17) is 10.9 Å². The van der Waals surface area contributed by atoms with E-state index in [1.165, 1.54) is 0 Å². The Hall–Kier alpha value is -2.04. The molecule has 1 rings (SSSR count). The molecule has 0 aliphatic heterocycles. The smallest absolute Gasteiger partial charge is 0.253 e. The number of carbonyl (C=O) groups excluding carboxylic acids is 1. The number of carbonyl (C=O) groups is 1. The SMILES string of the molecule is CCC(C)N(C)C(=O)c1cccc(/C(N)=N/O)c1. The number of rotatable bonds is 4. The molecule has 0 saturated carbocycles. The van der Waals surface area contributed by atoms with Gasteiger partial charge in [-0.15, -0.1) is 0 Å². The van der Waals surface area contributed by atoms with Crippen LogP contribution >= 0.6 is 0 Å². The molecule has 1 atom stereocenters. The summed E-state index contributed by atoms with van der Waals surface area (Å²) in [7, 11) is 1.77. The first-order chi connectivity index (χ1) is 8.51.